The minimum atomic E-state index is 0.0449. The van der Waals surface area contributed by atoms with E-state index in [9.17, 15) is 9.59 Å². The highest BCUT2D eigenvalue weighted by Gasteiger charge is 2.21. The highest BCUT2D eigenvalue weighted by atomic mass is 32.1. The molecule has 2 N–H and O–H groups in total. The Morgan fingerprint density at radius 2 is 2.17 bits per heavy atom. The number of carbonyl (C=O) groups excluding carboxylic acids is 1. The monoisotopic (exact) mass is 333 g/mol. The van der Waals surface area contributed by atoms with Crippen LogP contribution in [0, 0.1) is 5.92 Å². The third-order valence-electron chi connectivity index (χ3n) is 4.21. The first kappa shape index (κ1) is 17.6. The number of nitrogens with two attached hydrogens (primary N) is 1. The quantitative estimate of drug-likeness (QED) is 0.874. The highest BCUT2D eigenvalue weighted by molar-refractivity contribution is 7.18. The molecule has 1 aromatic carbocycles. The molecule has 1 aliphatic carbocycles. The maximum atomic E-state index is 12.6. The van der Waals surface area contributed by atoms with E-state index >= 15 is 0 Å². The molecule has 1 aliphatic rings. The van der Waals surface area contributed by atoms with E-state index in [1.807, 2.05) is 12.1 Å². The molecule has 5 heteroatoms. The minimum absolute atomic E-state index is 0.0449. The molecule has 1 aromatic heterocycles. The second-order valence-electron chi connectivity index (χ2n) is 5.49. The van der Waals surface area contributed by atoms with Crippen molar-refractivity contribution < 1.29 is 9.53 Å². The Hall–Kier alpha value is -1.72. The number of benzene rings is 1. The molecule has 1 heterocycles. The van der Waals surface area contributed by atoms with Gasteiger partial charge in [0.25, 0.3) is 0 Å². The molecule has 0 bridgehead atoms. The fraction of sp³-hybridized carbons (Fsp3) is 0.444. The van der Waals surface area contributed by atoms with Crippen molar-refractivity contribution in [2.24, 2.45) is 11.7 Å². The molecule has 4 nitrogen and oxygen atoms in total. The highest BCUT2D eigenvalue weighted by Crippen LogP contribution is 2.33. The number of rotatable bonds is 4. The van der Waals surface area contributed by atoms with Crippen LogP contribution >= 0.6 is 11.3 Å². The summed E-state index contributed by atoms with van der Waals surface area (Å²) in [6.07, 6.45) is 4.94. The van der Waals surface area contributed by atoms with Crippen molar-refractivity contribution in [2.75, 3.05) is 13.7 Å². The fourth-order valence-corrected chi connectivity index (χ4v) is 4.31. The van der Waals surface area contributed by atoms with Crippen LogP contribution in [-0.4, -0.2) is 19.9 Å². The van der Waals surface area contributed by atoms with Crippen LogP contribution in [0.2, 0.25) is 0 Å². The van der Waals surface area contributed by atoms with Gasteiger partial charge in [0.2, 0.25) is 0 Å². The zero-order valence-corrected chi connectivity index (χ0v) is 14.4. The molecular formula is C18H23NO3S. The average Bonchev–Trinajstić information content (AvgIpc) is 2.61. The molecule has 124 valence electrons. The summed E-state index contributed by atoms with van der Waals surface area (Å²) >= 11 is 1.70. The van der Waals surface area contributed by atoms with Crippen molar-refractivity contribution in [2.45, 2.75) is 32.6 Å². The minimum Gasteiger partial charge on any atom is -0.486 e. The molecule has 0 spiro atoms. The van der Waals surface area contributed by atoms with Gasteiger partial charge in [-0.15, -0.1) is 11.3 Å². The fourth-order valence-electron chi connectivity index (χ4n) is 2.96. The summed E-state index contributed by atoms with van der Waals surface area (Å²) in [4.78, 5) is 24.2. The number of fused-ring (bicyclic) bond motifs is 2. The lowest BCUT2D eigenvalue weighted by atomic mass is 9.87. The maximum absolute atomic E-state index is 12.6. The van der Waals surface area contributed by atoms with E-state index in [0.29, 0.717) is 11.7 Å². The van der Waals surface area contributed by atoms with Crippen LogP contribution in [0.3, 0.4) is 0 Å². The van der Waals surface area contributed by atoms with E-state index in [2.05, 4.69) is 12.7 Å². The van der Waals surface area contributed by atoms with Gasteiger partial charge < -0.3 is 10.5 Å². The van der Waals surface area contributed by atoms with E-state index < -0.39 is 0 Å². The van der Waals surface area contributed by atoms with Crippen LogP contribution in [0.5, 0.6) is 5.75 Å². The van der Waals surface area contributed by atoms with Gasteiger partial charge in [0.15, 0.2) is 11.7 Å². The number of carbonyl (C=O) groups is 1. The molecule has 0 saturated heterocycles. The van der Waals surface area contributed by atoms with Gasteiger partial charge >= 0.3 is 0 Å². The Morgan fingerprint density at radius 1 is 1.39 bits per heavy atom. The van der Waals surface area contributed by atoms with Crippen LogP contribution < -0.4 is 15.9 Å². The average molecular weight is 333 g/mol. The van der Waals surface area contributed by atoms with Crippen molar-refractivity contribution in [3.8, 4) is 5.75 Å². The van der Waals surface area contributed by atoms with Gasteiger partial charge in [0.05, 0.1) is 0 Å². The second kappa shape index (κ2) is 8.22. The summed E-state index contributed by atoms with van der Waals surface area (Å²) in [5.74, 6) is 1.34. The SMILES string of the molecule is CCC1CCc2c(sc3cc(OCC=O)ccc3c2=O)C1.CN. The number of hydrogen-bond donors (Lipinski definition) is 1. The molecule has 0 fully saturated rings. The van der Waals surface area contributed by atoms with Gasteiger partial charge in [0, 0.05) is 20.5 Å². The lowest BCUT2D eigenvalue weighted by molar-refractivity contribution is -0.109. The summed E-state index contributed by atoms with van der Waals surface area (Å²) in [6.45, 7) is 2.26. The Bertz CT molecular complexity index is 739. The summed E-state index contributed by atoms with van der Waals surface area (Å²) in [5.41, 5.74) is 5.69. The maximum Gasteiger partial charge on any atom is 0.191 e. The molecule has 23 heavy (non-hydrogen) atoms. The van der Waals surface area contributed by atoms with Crippen molar-refractivity contribution >= 4 is 27.7 Å². The molecular weight excluding hydrogens is 310 g/mol. The molecule has 0 radical (unpaired) electrons. The first-order valence-electron chi connectivity index (χ1n) is 7.95. The van der Waals surface area contributed by atoms with E-state index in [1.54, 1.807) is 17.4 Å². The Kier molecular flexibility index (Phi) is 6.30. The first-order chi connectivity index (χ1) is 11.2. The third kappa shape index (κ3) is 3.79. The van der Waals surface area contributed by atoms with Crippen LogP contribution in [0.1, 0.15) is 30.2 Å². The van der Waals surface area contributed by atoms with Gasteiger partial charge in [0.1, 0.15) is 12.4 Å². The van der Waals surface area contributed by atoms with Crippen LogP contribution in [-0.2, 0) is 17.6 Å². The van der Waals surface area contributed by atoms with Gasteiger partial charge in [-0.2, -0.15) is 0 Å². The van der Waals surface area contributed by atoms with E-state index in [1.165, 1.54) is 18.3 Å². The van der Waals surface area contributed by atoms with Gasteiger partial charge in [-0.05, 0) is 50.4 Å². The Morgan fingerprint density at radius 3 is 2.87 bits per heavy atom. The van der Waals surface area contributed by atoms with Crippen LogP contribution in [0.15, 0.2) is 23.0 Å². The summed E-state index contributed by atoms with van der Waals surface area (Å²) in [5, 5.41) is 0.771. The molecule has 2 aromatic rings. The molecule has 3 rings (SSSR count). The van der Waals surface area contributed by atoms with E-state index in [0.717, 1.165) is 41.2 Å². The topological polar surface area (TPSA) is 69.4 Å². The molecule has 1 unspecified atom stereocenters. The van der Waals surface area contributed by atoms with Crippen molar-refractivity contribution in [3.63, 3.8) is 0 Å². The van der Waals surface area contributed by atoms with Gasteiger partial charge in [-0.25, -0.2) is 0 Å². The molecule has 0 aliphatic heterocycles. The van der Waals surface area contributed by atoms with E-state index in [-0.39, 0.29) is 12.0 Å². The Labute approximate surface area is 140 Å². The number of aldehydes is 1. The molecule has 1 atom stereocenters. The third-order valence-corrected chi connectivity index (χ3v) is 5.43. The predicted octanol–water partition coefficient (Wildman–Crippen LogP) is 2.93. The zero-order chi connectivity index (χ0) is 16.8. The van der Waals surface area contributed by atoms with E-state index in [4.69, 9.17) is 4.74 Å². The zero-order valence-electron chi connectivity index (χ0n) is 13.6. The summed E-state index contributed by atoms with van der Waals surface area (Å²) in [6, 6.07) is 5.46. The molecule has 0 saturated carbocycles. The summed E-state index contributed by atoms with van der Waals surface area (Å²) in [7, 11) is 1.50. The van der Waals surface area contributed by atoms with Gasteiger partial charge in [-0.3, -0.25) is 9.59 Å². The smallest absolute Gasteiger partial charge is 0.191 e. The second-order valence-corrected chi connectivity index (χ2v) is 6.62. The lowest BCUT2D eigenvalue weighted by Crippen LogP contribution is -2.20. The number of hydrogen-bond acceptors (Lipinski definition) is 5. The largest absolute Gasteiger partial charge is 0.486 e. The van der Waals surface area contributed by atoms with Crippen molar-refractivity contribution in [1.29, 1.82) is 0 Å². The van der Waals surface area contributed by atoms with Crippen LogP contribution in [0.25, 0.3) is 10.1 Å². The summed E-state index contributed by atoms with van der Waals surface area (Å²) < 4.78 is 6.28. The predicted molar refractivity (Wildman–Crippen MR) is 95.6 cm³/mol. The molecule has 0 amide bonds. The van der Waals surface area contributed by atoms with Gasteiger partial charge in [-0.1, -0.05) is 13.3 Å². The lowest BCUT2D eigenvalue weighted by Gasteiger charge is -2.22. The normalized spacial score (nSPS) is 16.2. The first-order valence-corrected chi connectivity index (χ1v) is 8.77. The standard InChI is InChI=1S/C17H18O3S.CH5N/c1-2-11-3-5-13-15(9-11)21-16-10-12(20-8-7-18)4-6-14(16)17(13)19;1-2/h4,6-7,10-11H,2-3,5,8-9H2,1H3;2H2,1H3. The van der Waals surface area contributed by atoms with Crippen molar-refractivity contribution in [1.82, 2.24) is 0 Å². The Balaban J connectivity index is 0.000000924. The number of ether oxygens (including phenoxy) is 1. The van der Waals surface area contributed by atoms with Crippen LogP contribution in [0.4, 0.5) is 0 Å². The van der Waals surface area contributed by atoms with Crippen molar-refractivity contribution in [3.05, 3.63) is 38.9 Å².